The first-order chi connectivity index (χ1) is 5.24. The maximum Gasteiger partial charge on any atom is 0.0221 e. The van der Waals surface area contributed by atoms with E-state index in [-0.39, 0.29) is 0 Å². The van der Waals surface area contributed by atoms with E-state index in [2.05, 4.69) is 31.4 Å². The zero-order valence-corrected chi connectivity index (χ0v) is 7.85. The zero-order valence-electron chi connectivity index (χ0n) is 7.85. The van der Waals surface area contributed by atoms with Crippen molar-refractivity contribution < 1.29 is 0 Å². The number of hydrogen-bond donors (Lipinski definition) is 2. The summed E-state index contributed by atoms with van der Waals surface area (Å²) in [6.07, 6.45) is 2.56. The fraction of sp³-hybridized carbons (Fsp3) is 1.00. The zero-order chi connectivity index (χ0) is 8.27. The molecule has 11 heavy (non-hydrogen) atoms. The Balaban J connectivity index is 2.34. The molecule has 0 aromatic rings. The Bertz CT molecular complexity index is 114. The van der Waals surface area contributed by atoms with Gasteiger partial charge in [0.25, 0.3) is 0 Å². The number of piperazine rings is 1. The summed E-state index contributed by atoms with van der Waals surface area (Å²) >= 11 is 0. The molecule has 2 N–H and O–H groups in total. The van der Waals surface area contributed by atoms with Crippen LogP contribution in [-0.4, -0.2) is 24.7 Å². The molecular weight excluding hydrogens is 136 g/mol. The van der Waals surface area contributed by atoms with Gasteiger partial charge >= 0.3 is 0 Å². The minimum atomic E-state index is 0.641. The van der Waals surface area contributed by atoms with Gasteiger partial charge in [-0.15, -0.1) is 0 Å². The Morgan fingerprint density at radius 1 is 1.36 bits per heavy atom. The van der Waals surface area contributed by atoms with Crippen LogP contribution in [0.4, 0.5) is 0 Å². The highest BCUT2D eigenvalue weighted by atomic mass is 15.1. The first kappa shape index (κ1) is 9.01. The minimum Gasteiger partial charge on any atom is -0.311 e. The summed E-state index contributed by atoms with van der Waals surface area (Å²) in [5.74, 6) is 0. The second kappa shape index (κ2) is 4.07. The lowest BCUT2D eigenvalue weighted by Crippen LogP contribution is -2.58. The lowest BCUT2D eigenvalue weighted by atomic mass is 10.0. The Kier molecular flexibility index (Phi) is 3.34. The van der Waals surface area contributed by atoms with Crippen LogP contribution in [0, 0.1) is 0 Å². The quantitative estimate of drug-likeness (QED) is 0.626. The smallest absolute Gasteiger partial charge is 0.0221 e. The van der Waals surface area contributed by atoms with E-state index in [1.165, 1.54) is 12.8 Å². The maximum atomic E-state index is 3.60. The van der Waals surface area contributed by atoms with Gasteiger partial charge in [0.1, 0.15) is 0 Å². The van der Waals surface area contributed by atoms with Gasteiger partial charge in [-0.2, -0.15) is 0 Å². The van der Waals surface area contributed by atoms with Crippen molar-refractivity contribution in [1.29, 1.82) is 0 Å². The van der Waals surface area contributed by atoms with Crippen LogP contribution in [0.3, 0.4) is 0 Å². The van der Waals surface area contributed by atoms with Crippen molar-refractivity contribution in [2.24, 2.45) is 0 Å². The van der Waals surface area contributed by atoms with Crippen LogP contribution in [0.25, 0.3) is 0 Å². The monoisotopic (exact) mass is 156 g/mol. The van der Waals surface area contributed by atoms with Gasteiger partial charge in [-0.1, -0.05) is 13.3 Å². The van der Waals surface area contributed by atoms with Crippen molar-refractivity contribution in [3.8, 4) is 0 Å². The molecule has 1 rings (SSSR count). The third-order valence-electron chi connectivity index (χ3n) is 2.45. The van der Waals surface area contributed by atoms with Gasteiger partial charge in [0.15, 0.2) is 0 Å². The van der Waals surface area contributed by atoms with Crippen molar-refractivity contribution >= 4 is 0 Å². The SMILES string of the molecule is CCCC1NC(C)CNC1C. The fourth-order valence-electron chi connectivity index (χ4n) is 1.72. The van der Waals surface area contributed by atoms with E-state index >= 15 is 0 Å². The van der Waals surface area contributed by atoms with Crippen LogP contribution >= 0.6 is 0 Å². The molecule has 1 fully saturated rings. The molecular formula is C9H20N2. The van der Waals surface area contributed by atoms with Gasteiger partial charge in [-0.25, -0.2) is 0 Å². The van der Waals surface area contributed by atoms with E-state index in [0.29, 0.717) is 18.1 Å². The molecule has 1 aliphatic rings. The lowest BCUT2D eigenvalue weighted by Gasteiger charge is -2.35. The highest BCUT2D eigenvalue weighted by Gasteiger charge is 2.22. The standard InChI is InChI=1S/C9H20N2/c1-4-5-9-8(3)10-6-7(2)11-9/h7-11H,4-6H2,1-3H3. The Labute approximate surface area is 69.8 Å². The van der Waals surface area contributed by atoms with Gasteiger partial charge < -0.3 is 10.6 Å². The van der Waals surface area contributed by atoms with Crippen molar-refractivity contribution in [2.75, 3.05) is 6.54 Å². The summed E-state index contributed by atoms with van der Waals surface area (Å²) in [6.45, 7) is 7.86. The van der Waals surface area contributed by atoms with Gasteiger partial charge in [0.2, 0.25) is 0 Å². The molecule has 0 saturated carbocycles. The Morgan fingerprint density at radius 3 is 2.73 bits per heavy atom. The number of nitrogens with one attached hydrogen (secondary N) is 2. The average molecular weight is 156 g/mol. The molecule has 2 nitrogen and oxygen atoms in total. The van der Waals surface area contributed by atoms with Crippen LogP contribution in [0.1, 0.15) is 33.6 Å². The highest BCUT2D eigenvalue weighted by molar-refractivity contribution is 4.86. The highest BCUT2D eigenvalue weighted by Crippen LogP contribution is 2.07. The average Bonchev–Trinajstić information content (AvgIpc) is 1.98. The van der Waals surface area contributed by atoms with E-state index in [0.717, 1.165) is 6.54 Å². The van der Waals surface area contributed by atoms with E-state index in [9.17, 15) is 0 Å². The summed E-state index contributed by atoms with van der Waals surface area (Å²) < 4.78 is 0. The number of rotatable bonds is 2. The molecule has 1 heterocycles. The molecule has 1 aliphatic heterocycles. The van der Waals surface area contributed by atoms with Crippen LogP contribution in [0.2, 0.25) is 0 Å². The third-order valence-corrected chi connectivity index (χ3v) is 2.45. The second-order valence-electron chi connectivity index (χ2n) is 3.66. The molecule has 3 atom stereocenters. The molecule has 0 aromatic carbocycles. The number of hydrogen-bond acceptors (Lipinski definition) is 2. The molecule has 0 radical (unpaired) electrons. The van der Waals surface area contributed by atoms with Crippen LogP contribution in [0.5, 0.6) is 0 Å². The lowest BCUT2D eigenvalue weighted by molar-refractivity contribution is 0.276. The molecule has 0 aromatic heterocycles. The van der Waals surface area contributed by atoms with E-state index in [1.54, 1.807) is 0 Å². The largest absolute Gasteiger partial charge is 0.311 e. The Morgan fingerprint density at radius 2 is 2.09 bits per heavy atom. The first-order valence-electron chi connectivity index (χ1n) is 4.73. The molecule has 3 unspecified atom stereocenters. The molecule has 1 saturated heterocycles. The fourth-order valence-corrected chi connectivity index (χ4v) is 1.72. The molecule has 0 aliphatic carbocycles. The van der Waals surface area contributed by atoms with E-state index in [4.69, 9.17) is 0 Å². The summed E-state index contributed by atoms with van der Waals surface area (Å²) in [7, 11) is 0. The van der Waals surface area contributed by atoms with Crippen LogP contribution in [0.15, 0.2) is 0 Å². The molecule has 2 heteroatoms. The van der Waals surface area contributed by atoms with E-state index < -0.39 is 0 Å². The maximum absolute atomic E-state index is 3.60. The van der Waals surface area contributed by atoms with Crippen LogP contribution < -0.4 is 10.6 Å². The van der Waals surface area contributed by atoms with Crippen molar-refractivity contribution in [2.45, 2.75) is 51.7 Å². The van der Waals surface area contributed by atoms with Crippen molar-refractivity contribution in [3.63, 3.8) is 0 Å². The van der Waals surface area contributed by atoms with Gasteiger partial charge in [-0.3, -0.25) is 0 Å². The predicted molar refractivity (Wildman–Crippen MR) is 48.8 cm³/mol. The topological polar surface area (TPSA) is 24.1 Å². The molecule has 0 spiro atoms. The third kappa shape index (κ3) is 2.46. The van der Waals surface area contributed by atoms with Crippen molar-refractivity contribution in [1.82, 2.24) is 10.6 Å². The molecule has 66 valence electrons. The predicted octanol–water partition coefficient (Wildman–Crippen LogP) is 1.12. The summed E-state index contributed by atoms with van der Waals surface area (Å²) in [5, 5.41) is 7.11. The van der Waals surface area contributed by atoms with E-state index in [1.807, 2.05) is 0 Å². The van der Waals surface area contributed by atoms with Crippen LogP contribution in [-0.2, 0) is 0 Å². The first-order valence-corrected chi connectivity index (χ1v) is 4.73. The minimum absolute atomic E-state index is 0.641. The van der Waals surface area contributed by atoms with Crippen molar-refractivity contribution in [3.05, 3.63) is 0 Å². The Hall–Kier alpha value is -0.0800. The molecule has 0 amide bonds. The van der Waals surface area contributed by atoms with Gasteiger partial charge in [0.05, 0.1) is 0 Å². The summed E-state index contributed by atoms with van der Waals surface area (Å²) in [6, 6.07) is 1.97. The van der Waals surface area contributed by atoms with Gasteiger partial charge in [-0.05, 0) is 20.3 Å². The summed E-state index contributed by atoms with van der Waals surface area (Å²) in [4.78, 5) is 0. The summed E-state index contributed by atoms with van der Waals surface area (Å²) in [5.41, 5.74) is 0. The molecule has 0 bridgehead atoms. The second-order valence-corrected chi connectivity index (χ2v) is 3.66. The van der Waals surface area contributed by atoms with Gasteiger partial charge in [0, 0.05) is 24.7 Å². The normalized spacial score (nSPS) is 39.0.